The van der Waals surface area contributed by atoms with Gasteiger partial charge in [0.05, 0.1) is 12.1 Å². The fraction of sp³-hybridized carbons (Fsp3) is 0.158. The van der Waals surface area contributed by atoms with Crippen molar-refractivity contribution in [1.29, 1.82) is 0 Å². The van der Waals surface area contributed by atoms with E-state index in [9.17, 15) is 14.0 Å². The second kappa shape index (κ2) is 7.17. The number of pyridine rings is 1. The molecule has 1 heterocycles. The van der Waals surface area contributed by atoms with E-state index in [1.807, 2.05) is 0 Å². The summed E-state index contributed by atoms with van der Waals surface area (Å²) in [6.45, 7) is 1.66. The van der Waals surface area contributed by atoms with Gasteiger partial charge in [-0.2, -0.15) is 0 Å². The van der Waals surface area contributed by atoms with E-state index in [1.54, 1.807) is 37.4 Å². The molecule has 0 fully saturated rings. The third-order valence-electron chi connectivity index (χ3n) is 4.06. The van der Waals surface area contributed by atoms with Crippen molar-refractivity contribution in [2.45, 2.75) is 13.0 Å². The zero-order valence-electron chi connectivity index (χ0n) is 14.1. The Labute approximate surface area is 153 Å². The number of rotatable bonds is 4. The van der Waals surface area contributed by atoms with Crippen LogP contribution in [0.1, 0.15) is 6.92 Å². The Hall–Kier alpha value is -2.86. The van der Waals surface area contributed by atoms with Gasteiger partial charge in [0.25, 0.3) is 5.56 Å². The van der Waals surface area contributed by atoms with E-state index in [2.05, 4.69) is 15.0 Å². The molecule has 0 unspecified atom stereocenters. The third-order valence-corrected chi connectivity index (χ3v) is 4.37. The largest absolute Gasteiger partial charge is 0.467 e. The number of nitrogens with one attached hydrogen (secondary N) is 2. The molecule has 0 bridgehead atoms. The highest BCUT2D eigenvalue weighted by Crippen LogP contribution is 2.33. The molecule has 0 saturated heterocycles. The van der Waals surface area contributed by atoms with Crippen molar-refractivity contribution in [3.63, 3.8) is 0 Å². The lowest BCUT2D eigenvalue weighted by Gasteiger charge is -2.14. The number of ether oxygens (including phenoxy) is 1. The minimum atomic E-state index is -0.564. The second-order valence-electron chi connectivity index (χ2n) is 5.81. The summed E-state index contributed by atoms with van der Waals surface area (Å²) >= 11 is 6.16. The zero-order valence-corrected chi connectivity index (χ0v) is 14.9. The molecule has 134 valence electrons. The van der Waals surface area contributed by atoms with Gasteiger partial charge in [-0.3, -0.25) is 4.79 Å². The van der Waals surface area contributed by atoms with E-state index >= 15 is 0 Å². The van der Waals surface area contributed by atoms with Gasteiger partial charge in [0, 0.05) is 28.4 Å². The highest BCUT2D eigenvalue weighted by atomic mass is 35.5. The standard InChI is InChI=1S/C19H16ClFN2O3/c1-10(19(25)26-2)23-12-4-6-13-15(8-12)18(24)22-9-16(13)14-5-3-11(21)7-17(14)20/h3-10,23H,1-2H3,(H,22,24)/t10-/m0/s1. The molecule has 0 amide bonds. The first kappa shape index (κ1) is 17.9. The Bertz CT molecular complexity index is 1050. The third kappa shape index (κ3) is 3.41. The molecular weight excluding hydrogens is 359 g/mol. The number of carbonyl (C=O) groups is 1. The van der Waals surface area contributed by atoms with E-state index in [-0.39, 0.29) is 10.6 Å². The number of hydrogen-bond donors (Lipinski definition) is 2. The van der Waals surface area contributed by atoms with E-state index in [0.29, 0.717) is 27.6 Å². The molecule has 5 nitrogen and oxygen atoms in total. The lowest BCUT2D eigenvalue weighted by atomic mass is 10.00. The van der Waals surface area contributed by atoms with E-state index in [4.69, 9.17) is 11.6 Å². The first-order chi connectivity index (χ1) is 12.4. The molecule has 0 saturated carbocycles. The summed E-state index contributed by atoms with van der Waals surface area (Å²) in [6.07, 6.45) is 1.55. The molecule has 0 aliphatic heterocycles. The van der Waals surface area contributed by atoms with Crippen LogP contribution in [0.25, 0.3) is 21.9 Å². The number of fused-ring (bicyclic) bond motifs is 1. The fourth-order valence-electron chi connectivity index (χ4n) is 2.77. The summed E-state index contributed by atoms with van der Waals surface area (Å²) in [6, 6.07) is 8.69. The Kier molecular flexibility index (Phi) is 4.95. The van der Waals surface area contributed by atoms with Gasteiger partial charge < -0.3 is 15.0 Å². The maximum atomic E-state index is 13.3. The molecule has 26 heavy (non-hydrogen) atoms. The van der Waals surface area contributed by atoms with Crippen LogP contribution < -0.4 is 10.9 Å². The second-order valence-corrected chi connectivity index (χ2v) is 6.21. The van der Waals surface area contributed by atoms with Crippen molar-refractivity contribution < 1.29 is 13.9 Å². The smallest absolute Gasteiger partial charge is 0.327 e. The quantitative estimate of drug-likeness (QED) is 0.678. The minimum Gasteiger partial charge on any atom is -0.467 e. The number of methoxy groups -OCH3 is 1. The van der Waals surface area contributed by atoms with Crippen LogP contribution in [-0.4, -0.2) is 24.1 Å². The highest BCUT2D eigenvalue weighted by Gasteiger charge is 2.15. The number of anilines is 1. The van der Waals surface area contributed by atoms with E-state index in [1.165, 1.54) is 19.2 Å². The Balaban J connectivity index is 2.10. The van der Waals surface area contributed by atoms with Crippen LogP contribution in [0.5, 0.6) is 0 Å². The van der Waals surface area contributed by atoms with Crippen molar-refractivity contribution >= 4 is 34.0 Å². The molecule has 0 radical (unpaired) electrons. The van der Waals surface area contributed by atoms with Crippen molar-refractivity contribution in [1.82, 2.24) is 4.98 Å². The summed E-state index contributed by atoms with van der Waals surface area (Å²) in [4.78, 5) is 26.5. The van der Waals surface area contributed by atoms with Crippen molar-refractivity contribution in [3.8, 4) is 11.1 Å². The predicted octanol–water partition coefficient (Wildman–Crippen LogP) is 3.96. The maximum absolute atomic E-state index is 13.3. The Morgan fingerprint density at radius 3 is 2.65 bits per heavy atom. The number of halogens is 2. The summed E-state index contributed by atoms with van der Waals surface area (Å²) in [5.41, 5.74) is 1.61. The van der Waals surface area contributed by atoms with Gasteiger partial charge in [0.2, 0.25) is 0 Å². The molecule has 7 heteroatoms. The number of benzene rings is 2. The lowest BCUT2D eigenvalue weighted by molar-refractivity contribution is -0.141. The summed E-state index contributed by atoms with van der Waals surface area (Å²) < 4.78 is 18.0. The van der Waals surface area contributed by atoms with Gasteiger partial charge in [-0.25, -0.2) is 9.18 Å². The molecule has 2 N–H and O–H groups in total. The van der Waals surface area contributed by atoms with Crippen LogP contribution in [0, 0.1) is 5.82 Å². The Morgan fingerprint density at radius 2 is 1.96 bits per heavy atom. The molecule has 0 aliphatic rings. The molecule has 2 aromatic carbocycles. The van der Waals surface area contributed by atoms with Crippen LogP contribution in [0.3, 0.4) is 0 Å². The molecule has 0 aliphatic carbocycles. The predicted molar refractivity (Wildman–Crippen MR) is 100 cm³/mol. The monoisotopic (exact) mass is 374 g/mol. The maximum Gasteiger partial charge on any atom is 0.327 e. The van der Waals surface area contributed by atoms with Gasteiger partial charge in [0.15, 0.2) is 0 Å². The van der Waals surface area contributed by atoms with Gasteiger partial charge in [-0.15, -0.1) is 0 Å². The highest BCUT2D eigenvalue weighted by molar-refractivity contribution is 6.33. The molecular formula is C19H16ClFN2O3. The van der Waals surface area contributed by atoms with Gasteiger partial charge in [0.1, 0.15) is 11.9 Å². The lowest BCUT2D eigenvalue weighted by Crippen LogP contribution is -2.27. The van der Waals surface area contributed by atoms with Gasteiger partial charge in [-0.05, 0) is 42.6 Å². The fourth-order valence-corrected chi connectivity index (χ4v) is 3.04. The first-order valence-corrected chi connectivity index (χ1v) is 8.23. The number of aromatic nitrogens is 1. The summed E-state index contributed by atoms with van der Waals surface area (Å²) in [5.74, 6) is -0.846. The number of hydrogen-bond acceptors (Lipinski definition) is 4. The molecule has 3 aromatic rings. The SMILES string of the molecule is COC(=O)[C@H](C)Nc1ccc2c(-c3ccc(F)cc3Cl)c[nH]c(=O)c2c1. The van der Waals surface area contributed by atoms with Crippen molar-refractivity contribution in [3.05, 3.63) is 63.8 Å². The van der Waals surface area contributed by atoms with E-state index < -0.39 is 17.8 Å². The van der Waals surface area contributed by atoms with Crippen LogP contribution in [0.2, 0.25) is 5.02 Å². The number of carbonyl (C=O) groups excluding carboxylic acids is 1. The Morgan fingerprint density at radius 1 is 1.19 bits per heavy atom. The first-order valence-electron chi connectivity index (χ1n) is 7.86. The van der Waals surface area contributed by atoms with Crippen LogP contribution in [0.4, 0.5) is 10.1 Å². The minimum absolute atomic E-state index is 0.250. The summed E-state index contributed by atoms with van der Waals surface area (Å²) in [7, 11) is 1.31. The van der Waals surface area contributed by atoms with Crippen molar-refractivity contribution in [2.24, 2.45) is 0 Å². The van der Waals surface area contributed by atoms with Gasteiger partial charge in [-0.1, -0.05) is 17.7 Å². The summed E-state index contributed by atoms with van der Waals surface area (Å²) in [5, 5.41) is 4.32. The molecule has 0 spiro atoms. The molecule has 1 aromatic heterocycles. The van der Waals surface area contributed by atoms with Crippen LogP contribution in [-0.2, 0) is 9.53 Å². The van der Waals surface area contributed by atoms with E-state index in [0.717, 1.165) is 0 Å². The average Bonchev–Trinajstić information content (AvgIpc) is 2.62. The number of esters is 1. The zero-order chi connectivity index (χ0) is 18.8. The molecule has 1 atom stereocenters. The van der Waals surface area contributed by atoms with Crippen LogP contribution in [0.15, 0.2) is 47.4 Å². The average molecular weight is 375 g/mol. The topological polar surface area (TPSA) is 71.2 Å². The van der Waals surface area contributed by atoms with Crippen molar-refractivity contribution in [2.75, 3.05) is 12.4 Å². The molecule has 3 rings (SSSR count). The normalized spacial score (nSPS) is 12.0. The number of aromatic amines is 1. The van der Waals surface area contributed by atoms with Crippen LogP contribution >= 0.6 is 11.6 Å². The number of H-pyrrole nitrogens is 1. The van der Waals surface area contributed by atoms with Gasteiger partial charge >= 0.3 is 5.97 Å².